The summed E-state index contributed by atoms with van der Waals surface area (Å²) < 4.78 is 10.7. The van der Waals surface area contributed by atoms with Gasteiger partial charge in [-0.1, -0.05) is 32.9 Å². The van der Waals surface area contributed by atoms with E-state index in [1.165, 1.54) is 0 Å². The Bertz CT molecular complexity index is 452. The molecular weight excluding hydrogens is 280 g/mol. The molecule has 0 saturated carbocycles. The maximum absolute atomic E-state index is 11.8. The van der Waals surface area contributed by atoms with Crippen molar-refractivity contribution in [1.29, 1.82) is 0 Å². The van der Waals surface area contributed by atoms with Crippen molar-refractivity contribution in [1.82, 2.24) is 5.32 Å². The minimum atomic E-state index is -0.493. The summed E-state index contributed by atoms with van der Waals surface area (Å²) in [5.74, 6) is 0.726. The average Bonchev–Trinajstić information content (AvgIpc) is 2.49. The number of nitrogens with two attached hydrogens (primary N) is 1. The van der Waals surface area contributed by atoms with Crippen molar-refractivity contribution in [2.45, 2.75) is 39.8 Å². The second-order valence-corrected chi connectivity index (χ2v) is 6.39. The molecule has 0 radical (unpaired) electrons. The normalized spacial score (nSPS) is 12.8. The quantitative estimate of drug-likeness (QED) is 0.721. The van der Waals surface area contributed by atoms with Gasteiger partial charge in [0.05, 0.1) is 19.8 Å². The number of carbonyl (C=O) groups is 1. The van der Waals surface area contributed by atoms with E-state index in [4.69, 9.17) is 15.2 Å². The predicted octanol–water partition coefficient (Wildman–Crippen LogP) is 2.09. The molecule has 5 nitrogen and oxygen atoms in total. The largest absolute Gasteiger partial charge is 0.497 e. The zero-order valence-corrected chi connectivity index (χ0v) is 14.0. The minimum Gasteiger partial charge on any atom is -0.497 e. The highest BCUT2D eigenvalue weighted by atomic mass is 16.5. The van der Waals surface area contributed by atoms with Crippen LogP contribution in [0.3, 0.4) is 0 Å². The molecule has 0 unspecified atom stereocenters. The van der Waals surface area contributed by atoms with Gasteiger partial charge in [-0.25, -0.2) is 0 Å². The number of hydrogen-bond donors (Lipinski definition) is 2. The van der Waals surface area contributed by atoms with E-state index >= 15 is 0 Å². The lowest BCUT2D eigenvalue weighted by Crippen LogP contribution is -2.48. The molecule has 1 rings (SSSR count). The molecule has 0 aliphatic heterocycles. The Hall–Kier alpha value is -1.59. The molecular formula is C17H28N2O3. The van der Waals surface area contributed by atoms with E-state index < -0.39 is 6.04 Å². The molecule has 0 bridgehead atoms. The fraction of sp³-hybridized carbons (Fsp3) is 0.588. The van der Waals surface area contributed by atoms with Crippen LogP contribution in [0.25, 0.3) is 0 Å². The van der Waals surface area contributed by atoms with Gasteiger partial charge in [0, 0.05) is 13.2 Å². The van der Waals surface area contributed by atoms with Crippen molar-refractivity contribution < 1.29 is 14.3 Å². The number of nitrogens with one attached hydrogen (secondary N) is 1. The van der Waals surface area contributed by atoms with Gasteiger partial charge in [-0.3, -0.25) is 4.79 Å². The molecule has 0 heterocycles. The zero-order valence-electron chi connectivity index (χ0n) is 14.0. The molecule has 1 aromatic carbocycles. The Kier molecular flexibility index (Phi) is 7.35. The molecule has 5 heteroatoms. The molecule has 0 spiro atoms. The van der Waals surface area contributed by atoms with E-state index in [2.05, 4.69) is 5.32 Å². The van der Waals surface area contributed by atoms with E-state index in [-0.39, 0.29) is 11.3 Å². The summed E-state index contributed by atoms with van der Waals surface area (Å²) in [6.45, 7) is 7.58. The van der Waals surface area contributed by atoms with Crippen molar-refractivity contribution >= 4 is 5.91 Å². The first kappa shape index (κ1) is 18.5. The summed E-state index contributed by atoms with van der Waals surface area (Å²) in [5, 5.41) is 2.84. The number of rotatable bonds is 8. The molecule has 3 N–H and O–H groups in total. The molecule has 0 fully saturated rings. The number of amides is 1. The van der Waals surface area contributed by atoms with Gasteiger partial charge in [0.25, 0.3) is 0 Å². The summed E-state index contributed by atoms with van der Waals surface area (Å²) in [4.78, 5) is 11.8. The third kappa shape index (κ3) is 6.45. The van der Waals surface area contributed by atoms with Gasteiger partial charge < -0.3 is 20.5 Å². The van der Waals surface area contributed by atoms with Gasteiger partial charge in [-0.15, -0.1) is 0 Å². The fourth-order valence-electron chi connectivity index (χ4n) is 1.80. The SMILES string of the molecule is COc1ccc(COCCCNC(=O)[C@@H](N)C(C)(C)C)cc1. The summed E-state index contributed by atoms with van der Waals surface area (Å²) in [5.41, 5.74) is 6.75. The number of carbonyl (C=O) groups excluding carboxylic acids is 1. The van der Waals surface area contributed by atoms with Crippen LogP contribution in [-0.4, -0.2) is 32.2 Å². The third-order valence-corrected chi connectivity index (χ3v) is 3.41. The van der Waals surface area contributed by atoms with Crippen LogP contribution in [0, 0.1) is 5.41 Å². The van der Waals surface area contributed by atoms with Crippen LogP contribution in [0.2, 0.25) is 0 Å². The average molecular weight is 308 g/mol. The molecule has 1 aromatic rings. The maximum atomic E-state index is 11.8. The smallest absolute Gasteiger partial charge is 0.237 e. The third-order valence-electron chi connectivity index (χ3n) is 3.41. The van der Waals surface area contributed by atoms with Crippen molar-refractivity contribution in [3.05, 3.63) is 29.8 Å². The molecule has 0 aliphatic rings. The van der Waals surface area contributed by atoms with Crippen LogP contribution in [-0.2, 0) is 16.1 Å². The monoisotopic (exact) mass is 308 g/mol. The van der Waals surface area contributed by atoms with Crippen molar-refractivity contribution in [2.24, 2.45) is 11.1 Å². The topological polar surface area (TPSA) is 73.6 Å². The maximum Gasteiger partial charge on any atom is 0.237 e. The Morgan fingerprint density at radius 3 is 2.45 bits per heavy atom. The molecule has 1 atom stereocenters. The van der Waals surface area contributed by atoms with Gasteiger partial charge in [0.1, 0.15) is 5.75 Å². The number of benzene rings is 1. The van der Waals surface area contributed by atoms with Crippen LogP contribution in [0.5, 0.6) is 5.75 Å². The number of ether oxygens (including phenoxy) is 2. The molecule has 1 amide bonds. The lowest BCUT2D eigenvalue weighted by molar-refractivity contribution is -0.124. The summed E-state index contributed by atoms with van der Waals surface area (Å²) in [7, 11) is 1.64. The summed E-state index contributed by atoms with van der Waals surface area (Å²) in [6, 6.07) is 7.28. The highest BCUT2D eigenvalue weighted by molar-refractivity contribution is 5.82. The van der Waals surface area contributed by atoms with Gasteiger partial charge in [0.2, 0.25) is 5.91 Å². The van der Waals surface area contributed by atoms with E-state index in [0.29, 0.717) is 19.8 Å². The molecule has 0 saturated heterocycles. The second kappa shape index (κ2) is 8.76. The van der Waals surface area contributed by atoms with Crippen LogP contribution >= 0.6 is 0 Å². The number of hydrogen-bond acceptors (Lipinski definition) is 4. The highest BCUT2D eigenvalue weighted by Crippen LogP contribution is 2.17. The van der Waals surface area contributed by atoms with Gasteiger partial charge in [-0.2, -0.15) is 0 Å². The summed E-state index contributed by atoms with van der Waals surface area (Å²) >= 11 is 0. The van der Waals surface area contributed by atoms with Crippen molar-refractivity contribution in [2.75, 3.05) is 20.3 Å². The summed E-state index contributed by atoms with van der Waals surface area (Å²) in [6.07, 6.45) is 0.763. The Labute approximate surface area is 133 Å². The van der Waals surface area contributed by atoms with Crippen LogP contribution in [0.4, 0.5) is 0 Å². The highest BCUT2D eigenvalue weighted by Gasteiger charge is 2.26. The molecule has 0 aliphatic carbocycles. The van der Waals surface area contributed by atoms with Gasteiger partial charge in [-0.05, 0) is 29.5 Å². The lowest BCUT2D eigenvalue weighted by Gasteiger charge is -2.25. The van der Waals surface area contributed by atoms with Crippen molar-refractivity contribution in [3.8, 4) is 5.75 Å². The lowest BCUT2D eigenvalue weighted by atomic mass is 9.87. The Morgan fingerprint density at radius 2 is 1.91 bits per heavy atom. The molecule has 124 valence electrons. The van der Waals surface area contributed by atoms with E-state index in [1.807, 2.05) is 45.0 Å². The van der Waals surface area contributed by atoms with Crippen LogP contribution < -0.4 is 15.8 Å². The standard InChI is InChI=1S/C17H28N2O3/c1-17(2,3)15(18)16(20)19-10-5-11-22-12-13-6-8-14(21-4)9-7-13/h6-9,15H,5,10-12,18H2,1-4H3,(H,19,20)/t15-/m1/s1. The van der Waals surface area contributed by atoms with Crippen LogP contribution in [0.1, 0.15) is 32.8 Å². The van der Waals surface area contributed by atoms with E-state index in [0.717, 1.165) is 17.7 Å². The zero-order chi connectivity index (χ0) is 16.6. The number of methoxy groups -OCH3 is 1. The Balaban J connectivity index is 2.14. The second-order valence-electron chi connectivity index (χ2n) is 6.39. The first-order valence-electron chi connectivity index (χ1n) is 7.58. The fourth-order valence-corrected chi connectivity index (χ4v) is 1.80. The van der Waals surface area contributed by atoms with Gasteiger partial charge >= 0.3 is 0 Å². The first-order valence-corrected chi connectivity index (χ1v) is 7.58. The minimum absolute atomic E-state index is 0.109. The van der Waals surface area contributed by atoms with Crippen molar-refractivity contribution in [3.63, 3.8) is 0 Å². The Morgan fingerprint density at radius 1 is 1.27 bits per heavy atom. The molecule has 22 heavy (non-hydrogen) atoms. The van der Waals surface area contributed by atoms with E-state index in [9.17, 15) is 4.79 Å². The first-order chi connectivity index (χ1) is 10.3. The van der Waals surface area contributed by atoms with E-state index in [1.54, 1.807) is 7.11 Å². The van der Waals surface area contributed by atoms with Gasteiger partial charge in [0.15, 0.2) is 0 Å². The predicted molar refractivity (Wildman–Crippen MR) is 87.7 cm³/mol. The molecule has 0 aromatic heterocycles. The van der Waals surface area contributed by atoms with Crippen LogP contribution in [0.15, 0.2) is 24.3 Å².